The lowest BCUT2D eigenvalue weighted by atomic mass is 9.95. The third-order valence-electron chi connectivity index (χ3n) is 4.44. The minimum Gasteiger partial charge on any atom is -0.490 e. The molecule has 2 saturated carbocycles. The average molecular weight is 259 g/mol. The lowest BCUT2D eigenvalue weighted by Crippen LogP contribution is -2.22. The fraction of sp³-hybridized carbons (Fsp3) is 0.647. The molecule has 2 fully saturated rings. The van der Waals surface area contributed by atoms with E-state index in [1.54, 1.807) is 0 Å². The fourth-order valence-corrected chi connectivity index (χ4v) is 3.31. The van der Waals surface area contributed by atoms with Gasteiger partial charge in [-0.25, -0.2) is 0 Å². The van der Waals surface area contributed by atoms with Gasteiger partial charge in [0.2, 0.25) is 0 Å². The summed E-state index contributed by atoms with van der Waals surface area (Å²) in [7, 11) is 0. The van der Waals surface area contributed by atoms with E-state index in [-0.39, 0.29) is 0 Å². The molecule has 0 spiro atoms. The van der Waals surface area contributed by atoms with Gasteiger partial charge in [-0.3, -0.25) is 0 Å². The van der Waals surface area contributed by atoms with E-state index in [4.69, 9.17) is 4.74 Å². The second-order valence-electron chi connectivity index (χ2n) is 6.03. The largest absolute Gasteiger partial charge is 0.490 e. The van der Waals surface area contributed by atoms with Crippen LogP contribution >= 0.6 is 0 Å². The van der Waals surface area contributed by atoms with Crippen LogP contribution in [-0.4, -0.2) is 12.1 Å². The van der Waals surface area contributed by atoms with E-state index in [1.807, 2.05) is 0 Å². The number of rotatable bonds is 4. The van der Waals surface area contributed by atoms with Gasteiger partial charge in [0.25, 0.3) is 0 Å². The van der Waals surface area contributed by atoms with Gasteiger partial charge in [-0.15, -0.1) is 0 Å². The summed E-state index contributed by atoms with van der Waals surface area (Å²) in [5.74, 6) is 1.03. The molecule has 0 atom stereocenters. The topological polar surface area (TPSA) is 21.3 Å². The van der Waals surface area contributed by atoms with Crippen LogP contribution in [0, 0.1) is 0 Å². The highest BCUT2D eigenvalue weighted by Gasteiger charge is 2.16. The van der Waals surface area contributed by atoms with E-state index in [0.717, 1.165) is 5.75 Å². The van der Waals surface area contributed by atoms with Crippen LogP contribution in [0.3, 0.4) is 0 Å². The predicted molar refractivity (Wildman–Crippen MR) is 79.8 cm³/mol. The number of anilines is 1. The van der Waals surface area contributed by atoms with Crippen LogP contribution in [0.15, 0.2) is 24.3 Å². The second-order valence-corrected chi connectivity index (χ2v) is 6.03. The van der Waals surface area contributed by atoms with Crippen LogP contribution in [0.2, 0.25) is 0 Å². The molecule has 1 aromatic carbocycles. The third kappa shape index (κ3) is 3.65. The van der Waals surface area contributed by atoms with Crippen molar-refractivity contribution in [2.45, 2.75) is 69.9 Å². The summed E-state index contributed by atoms with van der Waals surface area (Å²) in [6, 6.07) is 9.24. The Morgan fingerprint density at radius 2 is 1.42 bits per heavy atom. The zero-order valence-corrected chi connectivity index (χ0v) is 11.7. The van der Waals surface area contributed by atoms with Gasteiger partial charge in [0.1, 0.15) is 5.75 Å². The molecular weight excluding hydrogens is 234 g/mol. The van der Waals surface area contributed by atoms with Crippen LogP contribution in [0.25, 0.3) is 0 Å². The molecule has 104 valence electrons. The molecule has 0 unspecified atom stereocenters. The van der Waals surface area contributed by atoms with Crippen LogP contribution in [-0.2, 0) is 0 Å². The normalized spacial score (nSPS) is 21.5. The van der Waals surface area contributed by atoms with Crippen molar-refractivity contribution >= 4 is 5.69 Å². The highest BCUT2D eigenvalue weighted by molar-refractivity contribution is 5.47. The van der Waals surface area contributed by atoms with Gasteiger partial charge in [-0.2, -0.15) is 0 Å². The maximum absolute atomic E-state index is 5.99. The van der Waals surface area contributed by atoms with E-state index in [2.05, 4.69) is 29.6 Å². The first-order valence-electron chi connectivity index (χ1n) is 7.93. The molecule has 2 aliphatic carbocycles. The molecule has 3 rings (SSSR count). The molecule has 1 N–H and O–H groups in total. The summed E-state index contributed by atoms with van der Waals surface area (Å²) in [5.41, 5.74) is 1.24. The van der Waals surface area contributed by atoms with Gasteiger partial charge in [-0.1, -0.05) is 19.3 Å². The van der Waals surface area contributed by atoms with Gasteiger partial charge in [0.05, 0.1) is 6.10 Å². The highest BCUT2D eigenvalue weighted by atomic mass is 16.5. The molecule has 2 nitrogen and oxygen atoms in total. The van der Waals surface area contributed by atoms with Gasteiger partial charge in [-0.05, 0) is 62.8 Å². The standard InChI is InChI=1S/C17H25NO/c1-2-6-14(7-3-1)18-15-10-12-17(13-11-15)19-16-8-4-5-9-16/h10-14,16,18H,1-9H2. The van der Waals surface area contributed by atoms with Gasteiger partial charge in [0.15, 0.2) is 0 Å². The summed E-state index contributed by atoms with van der Waals surface area (Å²) >= 11 is 0. The van der Waals surface area contributed by atoms with Crippen molar-refractivity contribution in [1.82, 2.24) is 0 Å². The van der Waals surface area contributed by atoms with E-state index in [1.165, 1.54) is 63.5 Å². The molecule has 2 aliphatic rings. The third-order valence-corrected chi connectivity index (χ3v) is 4.44. The fourth-order valence-electron chi connectivity index (χ4n) is 3.31. The molecule has 19 heavy (non-hydrogen) atoms. The zero-order chi connectivity index (χ0) is 12.9. The monoisotopic (exact) mass is 259 g/mol. The minimum absolute atomic E-state index is 0.456. The summed E-state index contributed by atoms with van der Waals surface area (Å²) in [4.78, 5) is 0. The number of hydrogen-bond donors (Lipinski definition) is 1. The molecular formula is C17H25NO. The lowest BCUT2D eigenvalue weighted by Gasteiger charge is -2.24. The number of ether oxygens (including phenoxy) is 1. The molecule has 0 radical (unpaired) electrons. The van der Waals surface area contributed by atoms with Crippen LogP contribution in [0.5, 0.6) is 5.75 Å². The summed E-state index contributed by atoms with van der Waals surface area (Å²) in [5, 5.41) is 3.65. The first kappa shape index (κ1) is 12.8. The van der Waals surface area contributed by atoms with Crippen LogP contribution < -0.4 is 10.1 Å². The first-order chi connectivity index (χ1) is 9.40. The van der Waals surface area contributed by atoms with Crippen LogP contribution in [0.4, 0.5) is 5.69 Å². The van der Waals surface area contributed by atoms with Crippen molar-refractivity contribution in [3.8, 4) is 5.75 Å². The van der Waals surface area contributed by atoms with E-state index in [0.29, 0.717) is 12.1 Å². The van der Waals surface area contributed by atoms with Gasteiger partial charge in [0, 0.05) is 11.7 Å². The summed E-state index contributed by atoms with van der Waals surface area (Å²) in [6.07, 6.45) is 12.4. The van der Waals surface area contributed by atoms with E-state index in [9.17, 15) is 0 Å². The Bertz CT molecular complexity index is 375. The predicted octanol–water partition coefficient (Wildman–Crippen LogP) is 4.75. The number of hydrogen-bond acceptors (Lipinski definition) is 2. The molecule has 0 aromatic heterocycles. The maximum atomic E-state index is 5.99. The molecule has 0 aliphatic heterocycles. The number of benzene rings is 1. The Kier molecular flexibility index (Phi) is 4.27. The zero-order valence-electron chi connectivity index (χ0n) is 11.7. The highest BCUT2D eigenvalue weighted by Crippen LogP contribution is 2.26. The Hall–Kier alpha value is -1.18. The van der Waals surface area contributed by atoms with Crippen LogP contribution in [0.1, 0.15) is 57.8 Å². The summed E-state index contributed by atoms with van der Waals surface area (Å²) < 4.78 is 5.99. The minimum atomic E-state index is 0.456. The van der Waals surface area contributed by atoms with Crippen molar-refractivity contribution in [1.29, 1.82) is 0 Å². The SMILES string of the molecule is c1cc(OC2CCCC2)ccc1NC1CCCCC1. The van der Waals surface area contributed by atoms with Gasteiger partial charge >= 0.3 is 0 Å². The molecule has 0 heterocycles. The summed E-state index contributed by atoms with van der Waals surface area (Å²) in [6.45, 7) is 0. The second kappa shape index (κ2) is 6.31. The Morgan fingerprint density at radius 1 is 0.789 bits per heavy atom. The average Bonchev–Trinajstić information content (AvgIpc) is 2.95. The number of nitrogens with one attached hydrogen (secondary N) is 1. The van der Waals surface area contributed by atoms with E-state index >= 15 is 0 Å². The molecule has 1 aromatic rings. The lowest BCUT2D eigenvalue weighted by molar-refractivity contribution is 0.210. The van der Waals surface area contributed by atoms with E-state index < -0.39 is 0 Å². The Labute approximate surface area is 116 Å². The van der Waals surface area contributed by atoms with Crippen molar-refractivity contribution in [3.05, 3.63) is 24.3 Å². The quantitative estimate of drug-likeness (QED) is 0.842. The molecule has 2 heteroatoms. The van der Waals surface area contributed by atoms with Crippen molar-refractivity contribution < 1.29 is 4.74 Å². The van der Waals surface area contributed by atoms with Gasteiger partial charge < -0.3 is 10.1 Å². The Morgan fingerprint density at radius 3 is 2.11 bits per heavy atom. The van der Waals surface area contributed by atoms with Crippen molar-refractivity contribution in [3.63, 3.8) is 0 Å². The first-order valence-corrected chi connectivity index (χ1v) is 7.93. The smallest absolute Gasteiger partial charge is 0.119 e. The van der Waals surface area contributed by atoms with Crippen molar-refractivity contribution in [2.24, 2.45) is 0 Å². The van der Waals surface area contributed by atoms with Crippen molar-refractivity contribution in [2.75, 3.05) is 5.32 Å². The molecule has 0 saturated heterocycles. The maximum Gasteiger partial charge on any atom is 0.119 e. The molecule has 0 amide bonds. The molecule has 0 bridgehead atoms. The Balaban J connectivity index is 1.52.